The third-order valence-electron chi connectivity index (χ3n) is 5.09. The van der Waals surface area contributed by atoms with Gasteiger partial charge in [-0.3, -0.25) is 9.32 Å². The molecule has 2 heterocycles. The van der Waals surface area contributed by atoms with Crippen LogP contribution in [-0.2, 0) is 27.9 Å². The van der Waals surface area contributed by atoms with Crippen molar-refractivity contribution in [3.63, 3.8) is 0 Å². The molecule has 2 aromatic heterocycles. The Balaban J connectivity index is 1.76. The Morgan fingerprint density at radius 1 is 1.18 bits per heavy atom. The third-order valence-corrected chi connectivity index (χ3v) is 6.41. The molecule has 0 bridgehead atoms. The number of phosphoric ester groups is 1. The summed E-state index contributed by atoms with van der Waals surface area (Å²) in [5, 5.41) is 34.7. The van der Waals surface area contributed by atoms with Crippen LogP contribution in [0.1, 0.15) is 32.6 Å². The summed E-state index contributed by atoms with van der Waals surface area (Å²) in [4.78, 5) is 15.9. The second-order valence-electron chi connectivity index (χ2n) is 8.96. The Morgan fingerprint density at radius 3 is 2.55 bits per heavy atom. The van der Waals surface area contributed by atoms with Crippen LogP contribution in [0, 0.1) is 16.9 Å². The van der Waals surface area contributed by atoms with Gasteiger partial charge < -0.3 is 29.9 Å². The van der Waals surface area contributed by atoms with Crippen molar-refractivity contribution in [2.45, 2.75) is 39.1 Å². The highest BCUT2D eigenvalue weighted by Gasteiger charge is 2.37. The van der Waals surface area contributed by atoms with Crippen molar-refractivity contribution in [3.8, 4) is 12.0 Å². The Morgan fingerprint density at radius 2 is 1.89 bits per heavy atom. The number of hydrogen-bond donors (Lipinski definition) is 3. The molecule has 0 fully saturated rings. The highest BCUT2D eigenvalue weighted by atomic mass is 31.2. The normalized spacial score (nSPS) is 15.6. The van der Waals surface area contributed by atoms with Crippen LogP contribution in [0.2, 0.25) is 0 Å². The number of anilines is 1. The molecule has 0 saturated heterocycles. The van der Waals surface area contributed by atoms with Gasteiger partial charge in [0.2, 0.25) is 6.79 Å². The van der Waals surface area contributed by atoms with Gasteiger partial charge in [0, 0.05) is 0 Å². The summed E-state index contributed by atoms with van der Waals surface area (Å²) in [7, 11) is -4.50. The van der Waals surface area contributed by atoms with Gasteiger partial charge in [0.1, 0.15) is 36.4 Å². The van der Waals surface area contributed by atoms with Gasteiger partial charge >= 0.3 is 13.8 Å². The van der Waals surface area contributed by atoms with E-state index in [1.165, 1.54) is 35.0 Å². The van der Waals surface area contributed by atoms with E-state index in [0.29, 0.717) is 5.52 Å². The number of rotatable bonds is 12. The zero-order chi connectivity index (χ0) is 27.9. The zero-order valence-electron chi connectivity index (χ0n) is 20.8. The number of nitrogens with zero attached hydrogens (tertiary/aromatic N) is 4. The summed E-state index contributed by atoms with van der Waals surface area (Å²) in [6, 6.07) is 10.9. The maximum atomic E-state index is 13.4. The highest BCUT2D eigenvalue weighted by Crippen LogP contribution is 2.50. The van der Waals surface area contributed by atoms with Gasteiger partial charge in [0.05, 0.1) is 11.1 Å². The van der Waals surface area contributed by atoms with Crippen molar-refractivity contribution in [3.05, 3.63) is 54.5 Å². The predicted molar refractivity (Wildman–Crippen MR) is 131 cm³/mol. The molecule has 1 unspecified atom stereocenters. The fraction of sp³-hybridized carbons (Fsp3) is 0.391. The van der Waals surface area contributed by atoms with E-state index in [2.05, 4.69) is 10.1 Å². The van der Waals surface area contributed by atoms with E-state index >= 15 is 0 Å². The topological polar surface area (TPSA) is 201 Å². The van der Waals surface area contributed by atoms with Crippen LogP contribution in [0.3, 0.4) is 0 Å². The molecule has 4 N–H and O–H groups in total. The molecular formula is C23H28N5O9P. The number of carbonyl (C=O) groups excluding carboxylic acids is 1. The molecule has 15 heteroatoms. The van der Waals surface area contributed by atoms with Crippen LogP contribution >= 0.6 is 7.82 Å². The summed E-state index contributed by atoms with van der Waals surface area (Å²) in [5.41, 5.74) is 5.44. The minimum absolute atomic E-state index is 0.105. The van der Waals surface area contributed by atoms with Crippen molar-refractivity contribution < 1.29 is 42.6 Å². The molecule has 0 aliphatic carbocycles. The molecule has 0 spiro atoms. The van der Waals surface area contributed by atoms with E-state index in [-0.39, 0.29) is 17.3 Å². The molecule has 0 aliphatic heterocycles. The van der Waals surface area contributed by atoms with Crippen LogP contribution in [0.4, 0.5) is 5.82 Å². The molecule has 4 atom stereocenters. The van der Waals surface area contributed by atoms with Crippen LogP contribution < -0.4 is 10.3 Å². The largest absolute Gasteiger partial charge is 0.533 e. The van der Waals surface area contributed by atoms with Gasteiger partial charge in [-0.15, -0.1) is 0 Å². The fourth-order valence-corrected chi connectivity index (χ4v) is 4.14. The molecule has 204 valence electrons. The number of phosphoric acid groups is 1. The summed E-state index contributed by atoms with van der Waals surface area (Å²) in [6.07, 6.45) is -2.37. The highest BCUT2D eigenvalue weighted by molar-refractivity contribution is 7.48. The van der Waals surface area contributed by atoms with E-state index in [1.807, 2.05) is 0 Å². The lowest BCUT2D eigenvalue weighted by molar-refractivity contribution is -0.160. The number of carbonyl (C=O) groups is 1. The fourth-order valence-electron chi connectivity index (χ4n) is 3.07. The van der Waals surface area contributed by atoms with Gasteiger partial charge in [-0.2, -0.15) is 10.4 Å². The SMILES string of the molecule is CC(C)(C)C(=O)OCOP(=O)(OC[C@@H](OC#N)[C@@H](O)[C@@H](O)c1ccc2c(N)ncnn12)Oc1ccccc1. The third kappa shape index (κ3) is 7.18. The second kappa shape index (κ2) is 12.2. The van der Waals surface area contributed by atoms with Gasteiger partial charge in [-0.1, -0.05) is 18.2 Å². The standard InChI is InChI=1S/C23H28N5O9P/c1-23(2,3)22(31)34-14-36-38(32,37-15-7-5-4-6-8-15)35-11-18(33-12-24)20(30)19(29)16-9-10-17-21(25)26-13-27-28(16)17/h4-10,13,18-20,29-30H,11,14H2,1-3H3,(H2,25,26,27)/t18-,19+,20-,38?/m1/s1. The molecule has 1 aromatic carbocycles. The van der Waals surface area contributed by atoms with Gasteiger partial charge in [-0.25, -0.2) is 18.6 Å². The average Bonchev–Trinajstić information content (AvgIpc) is 3.31. The number of aliphatic hydroxyl groups excluding tert-OH is 2. The number of hydrogen-bond acceptors (Lipinski definition) is 13. The van der Waals surface area contributed by atoms with Crippen LogP contribution in [0.15, 0.2) is 48.8 Å². The first-order valence-electron chi connectivity index (χ1n) is 11.2. The van der Waals surface area contributed by atoms with Crippen LogP contribution in [0.5, 0.6) is 5.75 Å². The molecule has 0 saturated carbocycles. The molecule has 38 heavy (non-hydrogen) atoms. The zero-order valence-corrected chi connectivity index (χ0v) is 21.7. The number of nitrogen functional groups attached to an aromatic ring is 1. The molecule has 0 aliphatic rings. The van der Waals surface area contributed by atoms with E-state index in [0.717, 1.165) is 6.33 Å². The number of ether oxygens (including phenoxy) is 2. The minimum atomic E-state index is -4.50. The van der Waals surface area contributed by atoms with E-state index in [4.69, 9.17) is 34.0 Å². The van der Waals surface area contributed by atoms with E-state index in [9.17, 15) is 19.6 Å². The van der Waals surface area contributed by atoms with Crippen LogP contribution in [0.25, 0.3) is 5.52 Å². The maximum Gasteiger partial charge on any atom is 0.533 e. The number of aromatic nitrogens is 3. The lowest BCUT2D eigenvalue weighted by Crippen LogP contribution is -2.37. The summed E-state index contributed by atoms with van der Waals surface area (Å²) in [5.74, 6) is -0.380. The number of nitrogens with two attached hydrogens (primary N) is 1. The molecule has 14 nitrogen and oxygen atoms in total. The van der Waals surface area contributed by atoms with Gasteiger partial charge in [0.15, 0.2) is 11.9 Å². The van der Waals surface area contributed by atoms with Crippen molar-refractivity contribution in [1.82, 2.24) is 14.6 Å². The van der Waals surface area contributed by atoms with Crippen molar-refractivity contribution in [1.29, 1.82) is 5.26 Å². The number of fused-ring (bicyclic) bond motifs is 1. The van der Waals surface area contributed by atoms with E-state index < -0.39 is 50.9 Å². The molecule has 3 rings (SSSR count). The maximum absolute atomic E-state index is 13.4. The van der Waals surface area contributed by atoms with Gasteiger partial charge in [0.25, 0.3) is 6.26 Å². The van der Waals surface area contributed by atoms with Crippen molar-refractivity contribution in [2.24, 2.45) is 5.41 Å². The minimum Gasteiger partial charge on any atom is -0.437 e. The predicted octanol–water partition coefficient (Wildman–Crippen LogP) is 2.34. The van der Waals surface area contributed by atoms with Gasteiger partial charge in [-0.05, 0) is 45.0 Å². The molecule has 3 aromatic rings. The number of aliphatic hydroxyl groups is 2. The molecular weight excluding hydrogens is 521 g/mol. The Bertz CT molecular complexity index is 1320. The Kier molecular flexibility index (Phi) is 9.26. The lowest BCUT2D eigenvalue weighted by Gasteiger charge is -2.26. The smallest absolute Gasteiger partial charge is 0.437 e. The molecule has 0 radical (unpaired) electrons. The first-order chi connectivity index (χ1) is 17.9. The summed E-state index contributed by atoms with van der Waals surface area (Å²) >= 11 is 0. The quantitative estimate of drug-likeness (QED) is 0.129. The van der Waals surface area contributed by atoms with E-state index in [1.54, 1.807) is 39.0 Å². The Labute approximate surface area is 218 Å². The summed E-state index contributed by atoms with van der Waals surface area (Å²) < 4.78 is 40.4. The number of nitriles is 1. The Hall–Kier alpha value is -3.73. The lowest BCUT2D eigenvalue weighted by atomic mass is 9.98. The number of esters is 1. The van der Waals surface area contributed by atoms with Crippen molar-refractivity contribution >= 4 is 25.1 Å². The monoisotopic (exact) mass is 549 g/mol. The first kappa shape index (κ1) is 28.8. The number of para-hydroxylation sites is 1. The first-order valence-corrected chi connectivity index (χ1v) is 12.7. The average molecular weight is 549 g/mol. The van der Waals surface area contributed by atoms with Crippen molar-refractivity contribution in [2.75, 3.05) is 19.1 Å². The number of benzene rings is 1. The second-order valence-corrected chi connectivity index (χ2v) is 10.6. The van der Waals surface area contributed by atoms with Crippen LogP contribution in [-0.4, -0.2) is 56.4 Å². The summed E-state index contributed by atoms with van der Waals surface area (Å²) in [6.45, 7) is 3.36. The molecule has 0 amide bonds.